The second-order valence-electron chi connectivity index (χ2n) is 4.86. The number of carbonyl (C=O) groups excluding carboxylic acids is 4. The van der Waals surface area contributed by atoms with Gasteiger partial charge in [-0.25, -0.2) is 9.59 Å². The number of rotatable bonds is 9. The van der Waals surface area contributed by atoms with E-state index in [9.17, 15) is 19.2 Å². The fraction of sp³-hybridized carbons (Fsp3) is 0.333. The Balaban J connectivity index is 2.17. The van der Waals surface area contributed by atoms with Gasteiger partial charge in [0.1, 0.15) is 0 Å². The van der Waals surface area contributed by atoms with Gasteiger partial charge in [0.15, 0.2) is 0 Å². The van der Waals surface area contributed by atoms with Gasteiger partial charge in [0.25, 0.3) is 0 Å². The third-order valence-corrected chi connectivity index (χ3v) is 2.83. The highest BCUT2D eigenvalue weighted by molar-refractivity contribution is 5.91. The highest BCUT2D eigenvalue weighted by atomic mass is 16.6. The minimum Gasteiger partial charge on any atom is -0.463 e. The monoisotopic (exact) mass is 348 g/mol. The van der Waals surface area contributed by atoms with E-state index in [1.807, 2.05) is 6.07 Å². The second-order valence-corrected chi connectivity index (χ2v) is 4.86. The molecule has 0 aliphatic heterocycles. The number of benzene rings is 1. The van der Waals surface area contributed by atoms with Crippen molar-refractivity contribution in [1.82, 2.24) is 0 Å². The molecule has 0 radical (unpaired) electrons. The second kappa shape index (κ2) is 11.6. The first-order valence-corrected chi connectivity index (χ1v) is 7.80. The Morgan fingerprint density at radius 3 is 2.20 bits per heavy atom. The Labute approximate surface area is 145 Å². The number of ether oxygens (including phenoxy) is 3. The zero-order valence-electron chi connectivity index (χ0n) is 13.9. The van der Waals surface area contributed by atoms with Crippen LogP contribution in [0.3, 0.4) is 0 Å². The lowest BCUT2D eigenvalue weighted by Crippen LogP contribution is -2.15. The van der Waals surface area contributed by atoms with Gasteiger partial charge in [-0.2, -0.15) is 0 Å². The van der Waals surface area contributed by atoms with Crippen molar-refractivity contribution in [2.24, 2.45) is 0 Å². The molecule has 0 spiro atoms. The fourth-order valence-electron chi connectivity index (χ4n) is 1.74. The zero-order chi connectivity index (χ0) is 18.5. The quantitative estimate of drug-likeness (QED) is 0.220. The Kier molecular flexibility index (Phi) is 9.28. The summed E-state index contributed by atoms with van der Waals surface area (Å²) in [7, 11) is 0. The van der Waals surface area contributed by atoms with Crippen molar-refractivity contribution >= 4 is 23.9 Å². The molecule has 0 bridgehead atoms. The summed E-state index contributed by atoms with van der Waals surface area (Å²) in [6, 6.07) is 8.91. The van der Waals surface area contributed by atoms with Gasteiger partial charge in [-0.3, -0.25) is 9.59 Å². The Bertz CT molecular complexity index is 620. The van der Waals surface area contributed by atoms with Gasteiger partial charge in [0.2, 0.25) is 0 Å². The lowest BCUT2D eigenvalue weighted by Gasteiger charge is -2.04. The van der Waals surface area contributed by atoms with Gasteiger partial charge in [-0.15, -0.1) is 0 Å². The van der Waals surface area contributed by atoms with Crippen molar-refractivity contribution in [3.63, 3.8) is 0 Å². The van der Waals surface area contributed by atoms with Gasteiger partial charge in [-0.1, -0.05) is 30.3 Å². The topological polar surface area (TPSA) is 96.0 Å². The number of hydrogen-bond donors (Lipinski definition) is 0. The summed E-state index contributed by atoms with van der Waals surface area (Å²) in [5.74, 6) is -2.67. The van der Waals surface area contributed by atoms with Crippen molar-refractivity contribution in [2.45, 2.75) is 26.2 Å². The molecule has 1 aromatic carbocycles. The molecule has 0 unspecified atom stereocenters. The molecule has 0 saturated heterocycles. The molecule has 134 valence electrons. The fourth-order valence-corrected chi connectivity index (χ4v) is 1.74. The third-order valence-electron chi connectivity index (χ3n) is 2.83. The third kappa shape index (κ3) is 9.70. The van der Waals surface area contributed by atoms with E-state index in [2.05, 4.69) is 9.47 Å². The van der Waals surface area contributed by atoms with Crippen LogP contribution >= 0.6 is 0 Å². The van der Waals surface area contributed by atoms with Crippen LogP contribution in [0.1, 0.15) is 25.3 Å². The molecule has 7 nitrogen and oxygen atoms in total. The van der Waals surface area contributed by atoms with Crippen LogP contribution in [-0.2, 0) is 39.8 Å². The average molecular weight is 348 g/mol. The minimum atomic E-state index is -0.721. The van der Waals surface area contributed by atoms with Crippen molar-refractivity contribution in [1.29, 1.82) is 0 Å². The molecule has 0 N–H and O–H groups in total. The van der Waals surface area contributed by atoms with E-state index in [0.29, 0.717) is 0 Å². The number of hydrogen-bond acceptors (Lipinski definition) is 7. The SMILES string of the molecule is CCOC(=O)/C=C/C(=O)OCCCC(=O)OC(=O)Cc1ccccc1. The summed E-state index contributed by atoms with van der Waals surface area (Å²) in [5, 5.41) is 0. The zero-order valence-corrected chi connectivity index (χ0v) is 13.9. The maximum Gasteiger partial charge on any atom is 0.331 e. The van der Waals surface area contributed by atoms with E-state index in [0.717, 1.165) is 17.7 Å². The highest BCUT2D eigenvalue weighted by Gasteiger charge is 2.11. The molecule has 0 atom stereocenters. The van der Waals surface area contributed by atoms with Crippen LogP contribution in [0.4, 0.5) is 0 Å². The molecular weight excluding hydrogens is 328 g/mol. The molecule has 0 heterocycles. The number of esters is 4. The standard InChI is InChI=1S/C18H20O7/c1-2-23-15(19)10-11-16(20)24-12-6-9-17(21)25-18(22)13-14-7-4-3-5-8-14/h3-5,7-8,10-11H,2,6,9,12-13H2,1H3/b11-10+. The van der Waals surface area contributed by atoms with Crippen molar-refractivity contribution in [3.8, 4) is 0 Å². The largest absolute Gasteiger partial charge is 0.463 e. The smallest absolute Gasteiger partial charge is 0.331 e. The lowest BCUT2D eigenvalue weighted by atomic mass is 10.2. The molecule has 7 heteroatoms. The molecule has 1 aromatic rings. The van der Waals surface area contributed by atoms with Gasteiger partial charge in [0, 0.05) is 18.6 Å². The summed E-state index contributed by atoms with van der Waals surface area (Å²) in [5.41, 5.74) is 0.752. The summed E-state index contributed by atoms with van der Waals surface area (Å²) >= 11 is 0. The maximum atomic E-state index is 11.6. The van der Waals surface area contributed by atoms with Gasteiger partial charge in [-0.05, 0) is 18.9 Å². The van der Waals surface area contributed by atoms with Gasteiger partial charge >= 0.3 is 23.9 Å². The molecule has 0 aliphatic carbocycles. The maximum absolute atomic E-state index is 11.6. The van der Waals surface area contributed by atoms with E-state index in [1.165, 1.54) is 0 Å². The molecule has 0 fully saturated rings. The van der Waals surface area contributed by atoms with E-state index in [4.69, 9.17) is 4.74 Å². The molecular formula is C18H20O7. The predicted molar refractivity (Wildman–Crippen MR) is 87.2 cm³/mol. The first-order valence-electron chi connectivity index (χ1n) is 7.80. The van der Waals surface area contributed by atoms with Crippen LogP contribution < -0.4 is 0 Å². The molecule has 0 saturated carbocycles. The van der Waals surface area contributed by atoms with Gasteiger partial charge < -0.3 is 14.2 Å². The molecule has 0 aliphatic rings. The predicted octanol–water partition coefficient (Wildman–Crippen LogP) is 1.74. The van der Waals surface area contributed by atoms with Crippen LogP contribution in [0.25, 0.3) is 0 Å². The normalized spacial score (nSPS) is 10.3. The first kappa shape index (κ1) is 20.1. The van der Waals surface area contributed by atoms with E-state index >= 15 is 0 Å². The molecule has 0 amide bonds. The Morgan fingerprint density at radius 2 is 1.56 bits per heavy atom. The summed E-state index contributed by atoms with van der Waals surface area (Å²) in [6.07, 6.45) is 2.06. The van der Waals surface area contributed by atoms with Crippen LogP contribution in [0.15, 0.2) is 42.5 Å². The minimum absolute atomic E-state index is 0.0141. The lowest BCUT2D eigenvalue weighted by molar-refractivity contribution is -0.159. The van der Waals surface area contributed by atoms with Crippen LogP contribution in [0.2, 0.25) is 0 Å². The van der Waals surface area contributed by atoms with E-state index in [-0.39, 0.29) is 32.5 Å². The average Bonchev–Trinajstić information content (AvgIpc) is 2.58. The summed E-state index contributed by atoms with van der Waals surface area (Å²) in [4.78, 5) is 45.4. The molecule has 0 aromatic heterocycles. The van der Waals surface area contributed by atoms with Crippen LogP contribution in [-0.4, -0.2) is 37.1 Å². The highest BCUT2D eigenvalue weighted by Crippen LogP contribution is 2.02. The van der Waals surface area contributed by atoms with Gasteiger partial charge in [0.05, 0.1) is 19.6 Å². The summed E-state index contributed by atoms with van der Waals surface area (Å²) in [6.45, 7) is 1.82. The molecule has 1 rings (SSSR count). The molecule has 25 heavy (non-hydrogen) atoms. The van der Waals surface area contributed by atoms with E-state index < -0.39 is 23.9 Å². The van der Waals surface area contributed by atoms with Crippen molar-refractivity contribution in [2.75, 3.05) is 13.2 Å². The Morgan fingerprint density at radius 1 is 0.920 bits per heavy atom. The van der Waals surface area contributed by atoms with Crippen LogP contribution in [0, 0.1) is 0 Å². The van der Waals surface area contributed by atoms with Crippen LogP contribution in [0.5, 0.6) is 0 Å². The van der Waals surface area contributed by atoms with Crippen molar-refractivity contribution < 1.29 is 33.4 Å². The van der Waals surface area contributed by atoms with E-state index in [1.54, 1.807) is 31.2 Å². The van der Waals surface area contributed by atoms with Crippen molar-refractivity contribution in [3.05, 3.63) is 48.0 Å². The Hall–Kier alpha value is -2.96. The summed E-state index contributed by atoms with van der Waals surface area (Å²) < 4.78 is 14.1. The number of carbonyl (C=O) groups is 4. The first-order chi connectivity index (χ1) is 12.0.